The lowest BCUT2D eigenvalue weighted by Crippen LogP contribution is -2.49. The highest BCUT2D eigenvalue weighted by Gasteiger charge is 2.43. The van der Waals surface area contributed by atoms with Crippen LogP contribution in [0.25, 0.3) is 0 Å². The molecule has 0 aromatic heterocycles. The number of rotatable bonds is 9. The number of nitrogens with one attached hydrogen (secondary N) is 2. The molecule has 2 aromatic carbocycles. The van der Waals surface area contributed by atoms with Crippen molar-refractivity contribution in [2.24, 2.45) is 11.8 Å². The Morgan fingerprint density at radius 2 is 1.66 bits per heavy atom. The topological polar surface area (TPSA) is 109 Å². The van der Waals surface area contributed by atoms with Crippen molar-refractivity contribution in [3.8, 4) is 6.07 Å². The van der Waals surface area contributed by atoms with Gasteiger partial charge in [-0.25, -0.2) is 4.79 Å². The van der Waals surface area contributed by atoms with Crippen LogP contribution in [0, 0.1) is 23.2 Å². The first-order valence-electron chi connectivity index (χ1n) is 15.3. The van der Waals surface area contributed by atoms with Gasteiger partial charge in [0, 0.05) is 51.2 Å². The maximum atomic E-state index is 12.5. The summed E-state index contributed by atoms with van der Waals surface area (Å²) in [5.41, 5.74) is 2.88. The van der Waals surface area contributed by atoms with E-state index < -0.39 is 5.97 Å². The second kappa shape index (κ2) is 14.0. The van der Waals surface area contributed by atoms with Crippen molar-refractivity contribution in [2.75, 3.05) is 32.7 Å². The predicted octanol–water partition coefficient (Wildman–Crippen LogP) is 4.57. The Morgan fingerprint density at radius 3 is 2.32 bits per heavy atom. The van der Waals surface area contributed by atoms with Crippen LogP contribution in [0.15, 0.2) is 54.6 Å². The molecule has 2 heterocycles. The number of nitriles is 1. The van der Waals surface area contributed by atoms with Crippen LogP contribution in [-0.2, 0) is 11.3 Å². The van der Waals surface area contributed by atoms with E-state index in [2.05, 4.69) is 50.8 Å². The molecule has 0 spiro atoms. The minimum absolute atomic E-state index is 0.139. The smallest absolute Gasteiger partial charge is 0.321 e. The molecule has 41 heavy (non-hydrogen) atoms. The van der Waals surface area contributed by atoms with Crippen LogP contribution in [0.1, 0.15) is 67.6 Å². The van der Waals surface area contributed by atoms with Gasteiger partial charge < -0.3 is 20.6 Å². The number of benzene rings is 2. The molecular weight excluding hydrogens is 514 g/mol. The van der Waals surface area contributed by atoms with E-state index in [1.165, 1.54) is 12.0 Å². The molecule has 8 heteroatoms. The van der Waals surface area contributed by atoms with E-state index in [4.69, 9.17) is 5.26 Å². The lowest BCUT2D eigenvalue weighted by Gasteiger charge is -2.35. The fraction of sp³-hybridized carbons (Fsp3) is 0.545. The first kappa shape index (κ1) is 29.1. The average Bonchev–Trinajstić information content (AvgIpc) is 3.41. The van der Waals surface area contributed by atoms with Crippen molar-refractivity contribution in [1.29, 1.82) is 5.26 Å². The zero-order valence-corrected chi connectivity index (χ0v) is 23.9. The predicted molar refractivity (Wildman–Crippen MR) is 158 cm³/mol. The van der Waals surface area contributed by atoms with E-state index in [9.17, 15) is 14.7 Å². The van der Waals surface area contributed by atoms with Gasteiger partial charge >= 0.3 is 12.0 Å². The van der Waals surface area contributed by atoms with Gasteiger partial charge in [0.1, 0.15) is 6.04 Å². The summed E-state index contributed by atoms with van der Waals surface area (Å²) in [5.74, 6) is 0.295. The Labute approximate surface area is 243 Å². The van der Waals surface area contributed by atoms with Crippen molar-refractivity contribution in [2.45, 2.75) is 69.5 Å². The fourth-order valence-corrected chi connectivity index (χ4v) is 7.21. The van der Waals surface area contributed by atoms with Crippen molar-refractivity contribution in [3.05, 3.63) is 71.3 Å². The van der Waals surface area contributed by atoms with E-state index >= 15 is 0 Å². The number of carbonyl (C=O) groups is 2. The number of carbonyl (C=O) groups excluding carboxylic acids is 1. The minimum Gasteiger partial charge on any atom is -0.480 e. The highest BCUT2D eigenvalue weighted by molar-refractivity contribution is 5.74. The van der Waals surface area contributed by atoms with Crippen LogP contribution in [0.3, 0.4) is 0 Å². The normalized spacial score (nSPS) is 23.5. The summed E-state index contributed by atoms with van der Waals surface area (Å²) in [7, 11) is 0. The summed E-state index contributed by atoms with van der Waals surface area (Å²) in [5, 5.41) is 25.3. The molecule has 3 aliphatic rings. The van der Waals surface area contributed by atoms with Crippen molar-refractivity contribution in [3.63, 3.8) is 0 Å². The molecule has 2 amide bonds. The summed E-state index contributed by atoms with van der Waals surface area (Å²) >= 11 is 0. The monoisotopic (exact) mass is 557 g/mol. The van der Waals surface area contributed by atoms with Gasteiger partial charge in [0.25, 0.3) is 0 Å². The molecule has 218 valence electrons. The fourth-order valence-electron chi connectivity index (χ4n) is 7.21. The quantitative estimate of drug-likeness (QED) is 0.417. The molecule has 5 rings (SSSR count). The summed E-state index contributed by atoms with van der Waals surface area (Å²) < 4.78 is 0. The number of urea groups is 1. The summed E-state index contributed by atoms with van der Waals surface area (Å²) in [6.45, 7) is 4.84. The molecule has 2 saturated heterocycles. The molecule has 3 N–H and O–H groups in total. The number of hydrogen-bond acceptors (Lipinski definition) is 5. The highest BCUT2D eigenvalue weighted by atomic mass is 16.4. The van der Waals surface area contributed by atoms with E-state index in [-0.39, 0.29) is 24.0 Å². The molecular formula is C33H43N5O3. The Kier molecular flexibility index (Phi) is 9.92. The Hall–Kier alpha value is -3.41. The molecule has 3 fully saturated rings. The SMILES string of the molecule is N#Cc1ccc(CNC(=O)NC2CCN(CC3CN(C(C(=O)O)C4CCCCC4)CC3c3ccccc3)CC2)cc1. The van der Waals surface area contributed by atoms with Crippen LogP contribution < -0.4 is 10.6 Å². The van der Waals surface area contributed by atoms with Gasteiger partial charge in [-0.05, 0) is 60.8 Å². The van der Waals surface area contributed by atoms with E-state index in [1.807, 2.05) is 18.2 Å². The zero-order chi connectivity index (χ0) is 28.6. The summed E-state index contributed by atoms with van der Waals surface area (Å²) in [6, 6.07) is 19.6. The number of carboxylic acid groups (broad SMARTS) is 1. The lowest BCUT2D eigenvalue weighted by molar-refractivity contribution is -0.145. The summed E-state index contributed by atoms with van der Waals surface area (Å²) in [6.07, 6.45) is 7.36. The third-order valence-electron chi connectivity index (χ3n) is 9.39. The Bertz CT molecular complexity index is 1180. The lowest BCUT2D eigenvalue weighted by atomic mass is 9.83. The maximum absolute atomic E-state index is 12.5. The molecule has 0 radical (unpaired) electrons. The van der Waals surface area contributed by atoms with Gasteiger partial charge in [0.05, 0.1) is 11.6 Å². The molecule has 2 aliphatic heterocycles. The Balaban J connectivity index is 1.14. The first-order chi connectivity index (χ1) is 20.0. The van der Waals surface area contributed by atoms with Gasteiger partial charge in [0.2, 0.25) is 0 Å². The van der Waals surface area contributed by atoms with Gasteiger partial charge in [-0.2, -0.15) is 5.26 Å². The van der Waals surface area contributed by atoms with Crippen LogP contribution in [0.4, 0.5) is 4.79 Å². The number of aliphatic carboxylic acids is 1. The largest absolute Gasteiger partial charge is 0.480 e. The molecule has 8 nitrogen and oxygen atoms in total. The molecule has 1 aliphatic carbocycles. The third-order valence-corrected chi connectivity index (χ3v) is 9.39. The standard InChI is InChI=1S/C33H43N5O3/c34-19-24-11-13-25(14-12-24)20-35-33(41)36-29-15-17-37(18-16-29)21-28-22-38(23-30(28)26-7-3-1-4-8-26)31(32(39)40)27-9-5-2-6-10-27/h1,3-4,7-8,11-14,27-31H,2,5-6,9-10,15-18,20-23H2,(H,39,40)(H2,35,36,41). The van der Waals surface area contributed by atoms with Crippen molar-refractivity contribution >= 4 is 12.0 Å². The van der Waals surface area contributed by atoms with Crippen LogP contribution in [0.5, 0.6) is 0 Å². The first-order valence-corrected chi connectivity index (χ1v) is 15.3. The van der Waals surface area contributed by atoms with Gasteiger partial charge in [0.15, 0.2) is 0 Å². The molecule has 2 aromatic rings. The second-order valence-electron chi connectivity index (χ2n) is 12.1. The number of likely N-dealkylation sites (tertiary alicyclic amines) is 2. The van der Waals surface area contributed by atoms with Crippen LogP contribution >= 0.6 is 0 Å². The number of piperidine rings is 1. The van der Waals surface area contributed by atoms with Gasteiger partial charge in [-0.1, -0.05) is 61.7 Å². The third kappa shape index (κ3) is 7.66. The molecule has 0 bridgehead atoms. The number of amides is 2. The van der Waals surface area contributed by atoms with Gasteiger partial charge in [-0.15, -0.1) is 0 Å². The number of nitrogens with zero attached hydrogens (tertiary/aromatic N) is 3. The average molecular weight is 558 g/mol. The minimum atomic E-state index is -0.659. The molecule has 3 unspecified atom stereocenters. The molecule has 1 saturated carbocycles. The zero-order valence-electron chi connectivity index (χ0n) is 23.9. The van der Waals surface area contributed by atoms with E-state index in [0.29, 0.717) is 23.9 Å². The van der Waals surface area contributed by atoms with Gasteiger partial charge in [-0.3, -0.25) is 9.69 Å². The number of hydrogen-bond donors (Lipinski definition) is 3. The second-order valence-corrected chi connectivity index (χ2v) is 12.1. The van der Waals surface area contributed by atoms with Crippen LogP contribution in [0.2, 0.25) is 0 Å². The van der Waals surface area contributed by atoms with E-state index in [1.54, 1.807) is 12.1 Å². The summed E-state index contributed by atoms with van der Waals surface area (Å²) in [4.78, 5) is 29.8. The Morgan fingerprint density at radius 1 is 0.951 bits per heavy atom. The van der Waals surface area contributed by atoms with Crippen molar-refractivity contribution in [1.82, 2.24) is 20.4 Å². The molecule has 3 atom stereocenters. The highest BCUT2D eigenvalue weighted by Crippen LogP contribution is 2.38. The van der Waals surface area contributed by atoms with Crippen molar-refractivity contribution < 1.29 is 14.7 Å². The maximum Gasteiger partial charge on any atom is 0.321 e. The van der Waals surface area contributed by atoms with E-state index in [0.717, 1.165) is 76.8 Å². The number of carboxylic acids is 1. The van der Waals surface area contributed by atoms with Crippen LogP contribution in [-0.4, -0.2) is 71.7 Å².